The monoisotopic (exact) mass is 257 g/mol. The zero-order chi connectivity index (χ0) is 13.1. The van der Waals surface area contributed by atoms with Crippen LogP contribution < -0.4 is 5.32 Å². The Hall–Kier alpha value is -1.75. The van der Waals surface area contributed by atoms with E-state index < -0.39 is 0 Å². The normalized spacial score (nSPS) is 17.7. The van der Waals surface area contributed by atoms with Gasteiger partial charge in [-0.25, -0.2) is 4.98 Å². The average Bonchev–Trinajstić information content (AvgIpc) is 2.48. The molecule has 19 heavy (non-hydrogen) atoms. The summed E-state index contributed by atoms with van der Waals surface area (Å²) in [7, 11) is 0. The van der Waals surface area contributed by atoms with E-state index in [1.807, 2.05) is 24.3 Å². The van der Waals surface area contributed by atoms with E-state index in [0.29, 0.717) is 12.0 Å². The molecule has 1 fully saturated rings. The van der Waals surface area contributed by atoms with Crippen LogP contribution in [-0.2, 0) is 0 Å². The fraction of sp³-hybridized carbons (Fsp3) is 0.500. The smallest absolute Gasteiger partial charge is 0.243 e. The summed E-state index contributed by atoms with van der Waals surface area (Å²) in [4.78, 5) is 6.98. The van der Waals surface area contributed by atoms with Crippen molar-refractivity contribution in [3.63, 3.8) is 0 Å². The Morgan fingerprint density at radius 3 is 2.63 bits per heavy atom. The van der Waals surface area contributed by atoms with Crippen LogP contribution in [0.15, 0.2) is 24.3 Å². The van der Waals surface area contributed by atoms with Crippen LogP contribution in [0.3, 0.4) is 0 Å². The van der Waals surface area contributed by atoms with E-state index in [2.05, 4.69) is 32.3 Å². The van der Waals surface area contributed by atoms with Crippen LogP contribution in [-0.4, -0.2) is 45.8 Å². The SMILES string of the molecule is CCN1CCC(Nc2nnc3ccccc3n2)CC1. The quantitative estimate of drug-likeness (QED) is 0.910. The Morgan fingerprint density at radius 2 is 1.89 bits per heavy atom. The fourth-order valence-corrected chi connectivity index (χ4v) is 2.52. The van der Waals surface area contributed by atoms with Gasteiger partial charge in [0.2, 0.25) is 5.95 Å². The van der Waals surface area contributed by atoms with Gasteiger partial charge in [0.15, 0.2) is 0 Å². The van der Waals surface area contributed by atoms with Crippen molar-refractivity contribution < 1.29 is 0 Å². The van der Waals surface area contributed by atoms with Crippen LogP contribution in [0.2, 0.25) is 0 Å². The first-order valence-corrected chi connectivity index (χ1v) is 6.93. The molecular weight excluding hydrogens is 238 g/mol. The zero-order valence-electron chi connectivity index (χ0n) is 11.2. The van der Waals surface area contributed by atoms with Crippen molar-refractivity contribution in [2.45, 2.75) is 25.8 Å². The molecule has 1 N–H and O–H groups in total. The van der Waals surface area contributed by atoms with Gasteiger partial charge in [-0.15, -0.1) is 10.2 Å². The molecule has 0 atom stereocenters. The molecular formula is C14H19N5. The number of anilines is 1. The fourth-order valence-electron chi connectivity index (χ4n) is 2.52. The van der Waals surface area contributed by atoms with Crippen LogP contribution in [0, 0.1) is 0 Å². The lowest BCUT2D eigenvalue weighted by molar-refractivity contribution is 0.229. The molecule has 1 aliphatic heterocycles. The van der Waals surface area contributed by atoms with Crippen molar-refractivity contribution in [2.75, 3.05) is 25.0 Å². The Bertz CT molecular complexity index is 548. The molecule has 1 aliphatic rings. The minimum absolute atomic E-state index is 0.464. The number of nitrogens with one attached hydrogen (secondary N) is 1. The number of piperidine rings is 1. The second kappa shape index (κ2) is 5.48. The molecule has 2 aromatic rings. The maximum atomic E-state index is 4.51. The topological polar surface area (TPSA) is 53.9 Å². The molecule has 0 bridgehead atoms. The number of aromatic nitrogens is 3. The number of benzene rings is 1. The van der Waals surface area contributed by atoms with Crippen molar-refractivity contribution in [1.82, 2.24) is 20.1 Å². The van der Waals surface area contributed by atoms with E-state index in [4.69, 9.17) is 0 Å². The molecule has 0 unspecified atom stereocenters. The van der Waals surface area contributed by atoms with Crippen molar-refractivity contribution in [3.8, 4) is 0 Å². The maximum Gasteiger partial charge on any atom is 0.243 e. The Labute approximate surface area is 113 Å². The van der Waals surface area contributed by atoms with Gasteiger partial charge in [-0.3, -0.25) is 0 Å². The van der Waals surface area contributed by atoms with Crippen LogP contribution in [0.25, 0.3) is 11.0 Å². The number of rotatable bonds is 3. The molecule has 2 heterocycles. The lowest BCUT2D eigenvalue weighted by Crippen LogP contribution is -2.39. The minimum Gasteiger partial charge on any atom is -0.350 e. The molecule has 1 aromatic carbocycles. The summed E-state index contributed by atoms with van der Waals surface area (Å²) in [5.74, 6) is 0.647. The van der Waals surface area contributed by atoms with Crippen LogP contribution in [0.4, 0.5) is 5.95 Å². The first-order valence-electron chi connectivity index (χ1n) is 6.93. The summed E-state index contributed by atoms with van der Waals surface area (Å²) in [6, 6.07) is 8.28. The highest BCUT2D eigenvalue weighted by atomic mass is 15.2. The Balaban J connectivity index is 1.68. The summed E-state index contributed by atoms with van der Waals surface area (Å²) in [5.41, 5.74) is 1.74. The molecule has 100 valence electrons. The van der Waals surface area contributed by atoms with Gasteiger partial charge in [0.05, 0.1) is 5.52 Å². The number of fused-ring (bicyclic) bond motifs is 1. The molecule has 3 rings (SSSR count). The van der Waals surface area contributed by atoms with E-state index in [-0.39, 0.29) is 0 Å². The molecule has 1 aromatic heterocycles. The maximum absolute atomic E-state index is 4.51. The largest absolute Gasteiger partial charge is 0.350 e. The summed E-state index contributed by atoms with van der Waals surface area (Å²) in [5, 5.41) is 11.8. The van der Waals surface area contributed by atoms with Crippen LogP contribution >= 0.6 is 0 Å². The number of hydrogen-bond acceptors (Lipinski definition) is 5. The van der Waals surface area contributed by atoms with Crippen LogP contribution in [0.5, 0.6) is 0 Å². The van der Waals surface area contributed by atoms with Gasteiger partial charge < -0.3 is 10.2 Å². The van der Waals surface area contributed by atoms with Gasteiger partial charge in [0, 0.05) is 19.1 Å². The first kappa shape index (κ1) is 12.3. The molecule has 5 nitrogen and oxygen atoms in total. The van der Waals surface area contributed by atoms with Gasteiger partial charge in [0.1, 0.15) is 5.52 Å². The minimum atomic E-state index is 0.464. The van der Waals surface area contributed by atoms with Crippen molar-refractivity contribution in [3.05, 3.63) is 24.3 Å². The van der Waals surface area contributed by atoms with Gasteiger partial charge in [-0.05, 0) is 31.5 Å². The third kappa shape index (κ3) is 2.81. The van der Waals surface area contributed by atoms with E-state index in [1.54, 1.807) is 0 Å². The molecule has 1 saturated heterocycles. The molecule has 0 radical (unpaired) electrons. The highest BCUT2D eigenvalue weighted by Crippen LogP contribution is 2.15. The van der Waals surface area contributed by atoms with Crippen molar-refractivity contribution in [1.29, 1.82) is 0 Å². The van der Waals surface area contributed by atoms with E-state index >= 15 is 0 Å². The molecule has 5 heteroatoms. The third-order valence-electron chi connectivity index (χ3n) is 3.73. The standard InChI is InChI=1S/C14H19N5/c1-2-19-9-7-11(8-10-19)15-14-16-12-5-3-4-6-13(12)17-18-14/h3-6,11H,2,7-10H2,1H3,(H,15,16,18). The summed E-state index contributed by atoms with van der Waals surface area (Å²) in [6.45, 7) is 5.65. The summed E-state index contributed by atoms with van der Waals surface area (Å²) < 4.78 is 0. The number of para-hydroxylation sites is 1. The first-order chi connectivity index (χ1) is 9.35. The van der Waals surface area contributed by atoms with Crippen molar-refractivity contribution >= 4 is 17.0 Å². The lowest BCUT2D eigenvalue weighted by Gasteiger charge is -2.31. The van der Waals surface area contributed by atoms with Crippen LogP contribution in [0.1, 0.15) is 19.8 Å². The second-order valence-electron chi connectivity index (χ2n) is 4.98. The number of hydrogen-bond donors (Lipinski definition) is 1. The van der Waals surface area contributed by atoms with E-state index in [0.717, 1.165) is 43.5 Å². The van der Waals surface area contributed by atoms with Gasteiger partial charge >= 0.3 is 0 Å². The number of nitrogens with zero attached hydrogens (tertiary/aromatic N) is 4. The summed E-state index contributed by atoms with van der Waals surface area (Å²) >= 11 is 0. The Morgan fingerprint density at radius 1 is 1.16 bits per heavy atom. The summed E-state index contributed by atoms with van der Waals surface area (Å²) in [6.07, 6.45) is 2.29. The second-order valence-corrected chi connectivity index (χ2v) is 4.98. The molecule has 0 aliphatic carbocycles. The predicted molar refractivity (Wildman–Crippen MR) is 76.1 cm³/mol. The molecule has 0 spiro atoms. The van der Waals surface area contributed by atoms with Gasteiger partial charge in [0.25, 0.3) is 0 Å². The number of likely N-dealkylation sites (tertiary alicyclic amines) is 1. The Kier molecular flexibility index (Phi) is 3.55. The predicted octanol–water partition coefficient (Wildman–Crippen LogP) is 1.92. The highest BCUT2D eigenvalue weighted by molar-refractivity contribution is 5.74. The van der Waals surface area contributed by atoms with Gasteiger partial charge in [-0.1, -0.05) is 19.1 Å². The van der Waals surface area contributed by atoms with Crippen molar-refractivity contribution in [2.24, 2.45) is 0 Å². The van der Waals surface area contributed by atoms with Gasteiger partial charge in [-0.2, -0.15) is 0 Å². The third-order valence-corrected chi connectivity index (χ3v) is 3.73. The zero-order valence-corrected chi connectivity index (χ0v) is 11.2. The lowest BCUT2D eigenvalue weighted by atomic mass is 10.1. The average molecular weight is 257 g/mol. The van der Waals surface area contributed by atoms with E-state index in [1.165, 1.54) is 0 Å². The molecule has 0 amide bonds. The molecule has 0 saturated carbocycles. The van der Waals surface area contributed by atoms with E-state index in [9.17, 15) is 0 Å². The highest BCUT2D eigenvalue weighted by Gasteiger charge is 2.18.